The van der Waals surface area contributed by atoms with Gasteiger partial charge in [0.05, 0.1) is 18.2 Å². The molecule has 0 unspecified atom stereocenters. The topological polar surface area (TPSA) is 65.7 Å². The fourth-order valence-electron chi connectivity index (χ4n) is 4.16. The number of aromatic nitrogens is 3. The van der Waals surface area contributed by atoms with Crippen LogP contribution >= 0.6 is 0 Å². The molecule has 0 bridgehead atoms. The van der Waals surface area contributed by atoms with Crippen LogP contribution in [-0.4, -0.2) is 27.4 Å². The van der Waals surface area contributed by atoms with Gasteiger partial charge in [-0.3, -0.25) is 9.20 Å². The quantitative estimate of drug-likeness (QED) is 0.629. The summed E-state index contributed by atoms with van der Waals surface area (Å²) in [6.07, 6.45) is 5.56. The van der Waals surface area contributed by atoms with Crippen LogP contribution in [0.3, 0.4) is 0 Å². The largest absolute Gasteiger partial charge is 0.497 e. The van der Waals surface area contributed by atoms with E-state index in [2.05, 4.69) is 9.97 Å². The van der Waals surface area contributed by atoms with Crippen LogP contribution in [0.2, 0.25) is 0 Å². The van der Waals surface area contributed by atoms with Gasteiger partial charge >= 0.3 is 5.97 Å². The van der Waals surface area contributed by atoms with Crippen LogP contribution < -0.4 is 4.74 Å². The van der Waals surface area contributed by atoms with Crippen LogP contribution in [-0.2, 0) is 21.6 Å². The Morgan fingerprint density at radius 3 is 2.54 bits per heavy atom. The zero-order valence-electron chi connectivity index (χ0n) is 16.6. The summed E-state index contributed by atoms with van der Waals surface area (Å²) in [5.74, 6) is 1.25. The van der Waals surface area contributed by atoms with Crippen LogP contribution in [0.4, 0.5) is 0 Å². The van der Waals surface area contributed by atoms with E-state index in [1.165, 1.54) is 0 Å². The lowest BCUT2D eigenvalue weighted by Crippen LogP contribution is -2.34. The third-order valence-electron chi connectivity index (χ3n) is 5.65. The van der Waals surface area contributed by atoms with E-state index in [4.69, 9.17) is 9.47 Å². The maximum atomic E-state index is 13.1. The molecule has 28 heavy (non-hydrogen) atoms. The second-order valence-electron chi connectivity index (χ2n) is 7.53. The summed E-state index contributed by atoms with van der Waals surface area (Å²) < 4.78 is 12.9. The Morgan fingerprint density at radius 2 is 1.86 bits per heavy atom. The second-order valence-corrected chi connectivity index (χ2v) is 7.53. The molecule has 0 N–H and O–H groups in total. The Labute approximate surface area is 164 Å². The van der Waals surface area contributed by atoms with Gasteiger partial charge in [0.15, 0.2) is 0 Å². The maximum Gasteiger partial charge on any atom is 0.316 e. The minimum atomic E-state index is -0.573. The molecule has 6 nitrogen and oxygen atoms in total. The Kier molecular flexibility index (Phi) is 4.79. The molecule has 0 saturated heterocycles. The Hall–Kier alpha value is -2.89. The molecule has 2 aromatic heterocycles. The number of ether oxygens (including phenoxy) is 2. The van der Waals surface area contributed by atoms with E-state index in [0.717, 1.165) is 48.4 Å². The highest BCUT2D eigenvalue weighted by molar-refractivity contribution is 5.83. The summed E-state index contributed by atoms with van der Waals surface area (Å²) in [4.78, 5) is 22.1. The highest BCUT2D eigenvalue weighted by Crippen LogP contribution is 2.42. The van der Waals surface area contributed by atoms with Gasteiger partial charge in [-0.15, -0.1) is 0 Å². The number of hydrogen-bond acceptors (Lipinski definition) is 5. The van der Waals surface area contributed by atoms with Crippen LogP contribution in [0.1, 0.15) is 48.3 Å². The van der Waals surface area contributed by atoms with Crippen LogP contribution in [0.5, 0.6) is 5.75 Å². The van der Waals surface area contributed by atoms with Crippen molar-refractivity contribution in [3.8, 4) is 5.75 Å². The van der Waals surface area contributed by atoms with Crippen molar-refractivity contribution < 1.29 is 14.3 Å². The molecule has 146 valence electrons. The third kappa shape index (κ3) is 3.23. The van der Waals surface area contributed by atoms with Gasteiger partial charge in [0.1, 0.15) is 12.4 Å². The molecule has 4 rings (SSSR count). The van der Waals surface area contributed by atoms with Gasteiger partial charge in [0.25, 0.3) is 0 Å². The molecule has 1 aromatic carbocycles. The number of carbonyl (C=O) groups excluding carboxylic acids is 1. The lowest BCUT2D eigenvalue weighted by molar-refractivity contribution is -0.152. The Bertz CT molecular complexity index is 1000. The minimum Gasteiger partial charge on any atom is -0.497 e. The molecule has 0 spiro atoms. The zero-order valence-corrected chi connectivity index (χ0v) is 16.6. The van der Waals surface area contributed by atoms with Gasteiger partial charge < -0.3 is 9.47 Å². The van der Waals surface area contributed by atoms with Gasteiger partial charge in [0, 0.05) is 17.6 Å². The predicted molar refractivity (Wildman–Crippen MR) is 105 cm³/mol. The molecule has 1 saturated carbocycles. The molecule has 1 fully saturated rings. The van der Waals surface area contributed by atoms with E-state index >= 15 is 0 Å². The van der Waals surface area contributed by atoms with Crippen LogP contribution in [0.25, 0.3) is 5.78 Å². The number of hydrogen-bond donors (Lipinski definition) is 0. The average Bonchev–Trinajstić information content (AvgIpc) is 3.34. The molecule has 1 aliphatic carbocycles. The first-order chi connectivity index (χ1) is 13.5. The highest BCUT2D eigenvalue weighted by Gasteiger charge is 2.44. The molecule has 0 radical (unpaired) electrons. The van der Waals surface area contributed by atoms with Gasteiger partial charge in [-0.25, -0.2) is 9.97 Å². The molecular weight excluding hydrogens is 354 g/mol. The van der Waals surface area contributed by atoms with E-state index < -0.39 is 5.41 Å². The first kappa shape index (κ1) is 18.5. The zero-order chi connectivity index (χ0) is 19.7. The number of esters is 1. The summed E-state index contributed by atoms with van der Waals surface area (Å²) in [6, 6.07) is 9.77. The van der Waals surface area contributed by atoms with E-state index in [-0.39, 0.29) is 12.6 Å². The molecule has 2 heterocycles. The standard InChI is InChI=1S/C22H25N3O3/c1-15-12-16(2)25-13-18(24-21(25)23-15)14-28-20(26)22(10-4-5-11-22)17-6-8-19(27-3)9-7-17/h6-9,12-13H,4-5,10-11,14H2,1-3H3. The van der Waals surface area contributed by atoms with Gasteiger partial charge in [-0.1, -0.05) is 25.0 Å². The Morgan fingerprint density at radius 1 is 1.14 bits per heavy atom. The van der Waals surface area contributed by atoms with Crippen molar-refractivity contribution in [2.45, 2.75) is 51.6 Å². The number of carbonyl (C=O) groups is 1. The van der Waals surface area contributed by atoms with Crippen molar-refractivity contribution in [2.24, 2.45) is 0 Å². The molecule has 0 aliphatic heterocycles. The maximum absolute atomic E-state index is 13.1. The van der Waals surface area contributed by atoms with E-state index in [1.54, 1.807) is 7.11 Å². The van der Waals surface area contributed by atoms with Crippen molar-refractivity contribution in [2.75, 3.05) is 7.11 Å². The smallest absolute Gasteiger partial charge is 0.316 e. The molecular formula is C22H25N3O3. The van der Waals surface area contributed by atoms with Crippen molar-refractivity contribution >= 4 is 11.7 Å². The fourth-order valence-corrected chi connectivity index (χ4v) is 4.16. The molecule has 0 atom stereocenters. The molecule has 0 amide bonds. The van der Waals surface area contributed by atoms with Crippen molar-refractivity contribution in [1.29, 1.82) is 0 Å². The van der Waals surface area contributed by atoms with Crippen molar-refractivity contribution in [3.05, 3.63) is 59.2 Å². The van der Waals surface area contributed by atoms with E-state index in [9.17, 15) is 4.79 Å². The normalized spacial score (nSPS) is 15.7. The number of benzene rings is 1. The van der Waals surface area contributed by atoms with Gasteiger partial charge in [-0.2, -0.15) is 0 Å². The first-order valence-corrected chi connectivity index (χ1v) is 9.66. The summed E-state index contributed by atoms with van der Waals surface area (Å²) in [5.41, 5.74) is 3.11. The second kappa shape index (κ2) is 7.26. The number of fused-ring (bicyclic) bond motifs is 1. The molecule has 6 heteroatoms. The number of nitrogens with zero attached hydrogens (tertiary/aromatic N) is 3. The highest BCUT2D eigenvalue weighted by atomic mass is 16.5. The van der Waals surface area contributed by atoms with E-state index in [1.807, 2.05) is 54.8 Å². The lowest BCUT2D eigenvalue weighted by atomic mass is 9.79. The van der Waals surface area contributed by atoms with Crippen molar-refractivity contribution in [1.82, 2.24) is 14.4 Å². The SMILES string of the molecule is COc1ccc(C2(C(=O)OCc3cn4c(C)cc(C)nc4n3)CCCC2)cc1. The number of rotatable bonds is 5. The van der Waals surface area contributed by atoms with Gasteiger partial charge in [-0.05, 0) is 50.5 Å². The number of aryl methyl sites for hydroxylation is 2. The molecule has 1 aliphatic rings. The summed E-state index contributed by atoms with van der Waals surface area (Å²) in [6.45, 7) is 4.11. The van der Waals surface area contributed by atoms with Gasteiger partial charge in [0.2, 0.25) is 5.78 Å². The number of imidazole rings is 1. The summed E-state index contributed by atoms with van der Waals surface area (Å²) in [5, 5.41) is 0. The monoisotopic (exact) mass is 379 g/mol. The minimum absolute atomic E-state index is 0.151. The fraction of sp³-hybridized carbons (Fsp3) is 0.409. The van der Waals surface area contributed by atoms with Crippen molar-refractivity contribution in [3.63, 3.8) is 0 Å². The Balaban J connectivity index is 1.54. The van der Waals surface area contributed by atoms with E-state index in [0.29, 0.717) is 11.5 Å². The lowest BCUT2D eigenvalue weighted by Gasteiger charge is -2.27. The summed E-state index contributed by atoms with van der Waals surface area (Å²) >= 11 is 0. The van der Waals surface area contributed by atoms with Crippen LogP contribution in [0.15, 0.2) is 36.5 Å². The molecule has 3 aromatic rings. The first-order valence-electron chi connectivity index (χ1n) is 9.66. The summed E-state index contributed by atoms with van der Waals surface area (Å²) in [7, 11) is 1.64. The predicted octanol–water partition coefficient (Wildman–Crippen LogP) is 3.91. The third-order valence-corrected chi connectivity index (χ3v) is 5.65. The number of methoxy groups -OCH3 is 1. The van der Waals surface area contributed by atoms with Crippen LogP contribution in [0, 0.1) is 13.8 Å². The average molecular weight is 379 g/mol.